The molecule has 0 bridgehead atoms. The van der Waals surface area contributed by atoms with Crippen LogP contribution in [-0.4, -0.2) is 14.7 Å². The van der Waals surface area contributed by atoms with Crippen molar-refractivity contribution < 1.29 is 9.50 Å². The molecule has 1 N–H and O–H groups in total. The fraction of sp³-hybridized carbons (Fsp3) is 0.188. The summed E-state index contributed by atoms with van der Waals surface area (Å²) in [5.41, 5.74) is 3.64. The van der Waals surface area contributed by atoms with Crippen LogP contribution in [0.4, 0.5) is 4.39 Å². The summed E-state index contributed by atoms with van der Waals surface area (Å²) in [4.78, 5) is 4.37. The highest BCUT2D eigenvalue weighted by molar-refractivity contribution is 5.80. The molecule has 0 saturated carbocycles. The van der Waals surface area contributed by atoms with Crippen LogP contribution in [0, 0.1) is 12.7 Å². The third kappa shape index (κ3) is 2.18. The second-order valence-corrected chi connectivity index (χ2v) is 4.89. The lowest BCUT2D eigenvalue weighted by Gasteiger charge is -2.08. The first-order valence-corrected chi connectivity index (χ1v) is 6.47. The lowest BCUT2D eigenvalue weighted by Crippen LogP contribution is -2.01. The SMILES string of the molecule is Cc1cc(F)ccc1Cn1cc(CO)c2cccnc21. The molecule has 1 aromatic carbocycles. The van der Waals surface area contributed by atoms with Gasteiger partial charge >= 0.3 is 0 Å². The van der Waals surface area contributed by atoms with Crippen LogP contribution in [-0.2, 0) is 13.2 Å². The summed E-state index contributed by atoms with van der Waals surface area (Å²) in [6.45, 7) is 2.49. The van der Waals surface area contributed by atoms with Gasteiger partial charge in [-0.2, -0.15) is 0 Å². The Balaban J connectivity index is 2.06. The molecule has 0 aliphatic heterocycles. The minimum atomic E-state index is -0.224. The lowest BCUT2D eigenvalue weighted by atomic mass is 10.1. The highest BCUT2D eigenvalue weighted by atomic mass is 19.1. The third-order valence-electron chi connectivity index (χ3n) is 3.53. The number of rotatable bonds is 3. The van der Waals surface area contributed by atoms with E-state index in [9.17, 15) is 9.50 Å². The molecular formula is C16H15FN2O. The molecule has 20 heavy (non-hydrogen) atoms. The standard InChI is InChI=1S/C16H15FN2O/c1-11-7-14(17)5-4-12(11)8-19-9-13(10-20)15-3-2-6-18-16(15)19/h2-7,9,20H,8,10H2,1H3. The molecule has 3 nitrogen and oxygen atoms in total. The fourth-order valence-electron chi connectivity index (χ4n) is 2.46. The Morgan fingerprint density at radius 2 is 2.10 bits per heavy atom. The zero-order valence-electron chi connectivity index (χ0n) is 11.2. The molecule has 2 aromatic heterocycles. The van der Waals surface area contributed by atoms with Gasteiger partial charge in [0.25, 0.3) is 0 Å². The molecule has 3 rings (SSSR count). The Hall–Kier alpha value is -2.20. The summed E-state index contributed by atoms with van der Waals surface area (Å²) in [6, 6.07) is 8.59. The van der Waals surface area contributed by atoms with Gasteiger partial charge < -0.3 is 9.67 Å². The number of aliphatic hydroxyl groups excluding tert-OH is 1. The molecule has 0 amide bonds. The molecule has 0 saturated heterocycles. The van der Waals surface area contributed by atoms with Crippen LogP contribution in [0.5, 0.6) is 0 Å². The predicted octanol–water partition coefficient (Wildman–Crippen LogP) is 3.02. The first-order chi connectivity index (χ1) is 9.69. The van der Waals surface area contributed by atoms with E-state index >= 15 is 0 Å². The minimum Gasteiger partial charge on any atom is -0.392 e. The molecular weight excluding hydrogens is 255 g/mol. The maximum atomic E-state index is 13.1. The maximum Gasteiger partial charge on any atom is 0.140 e. The quantitative estimate of drug-likeness (QED) is 0.794. The Morgan fingerprint density at radius 1 is 1.25 bits per heavy atom. The number of nitrogens with zero attached hydrogens (tertiary/aromatic N) is 2. The number of benzene rings is 1. The van der Waals surface area contributed by atoms with Crippen molar-refractivity contribution >= 4 is 11.0 Å². The normalized spacial score (nSPS) is 11.2. The van der Waals surface area contributed by atoms with Gasteiger partial charge in [-0.1, -0.05) is 6.07 Å². The molecule has 0 atom stereocenters. The van der Waals surface area contributed by atoms with Crippen molar-refractivity contribution in [3.63, 3.8) is 0 Å². The highest BCUT2D eigenvalue weighted by Crippen LogP contribution is 2.21. The monoisotopic (exact) mass is 270 g/mol. The van der Waals surface area contributed by atoms with Gasteiger partial charge in [-0.3, -0.25) is 0 Å². The smallest absolute Gasteiger partial charge is 0.140 e. The van der Waals surface area contributed by atoms with Crippen molar-refractivity contribution in [2.75, 3.05) is 0 Å². The predicted molar refractivity (Wildman–Crippen MR) is 75.9 cm³/mol. The van der Waals surface area contributed by atoms with Gasteiger partial charge in [-0.25, -0.2) is 9.37 Å². The van der Waals surface area contributed by atoms with Crippen molar-refractivity contribution in [2.24, 2.45) is 0 Å². The van der Waals surface area contributed by atoms with Crippen molar-refractivity contribution in [1.29, 1.82) is 0 Å². The van der Waals surface area contributed by atoms with E-state index in [0.717, 1.165) is 27.7 Å². The molecule has 102 valence electrons. The maximum absolute atomic E-state index is 13.1. The van der Waals surface area contributed by atoms with Gasteiger partial charge in [0, 0.05) is 29.9 Å². The topological polar surface area (TPSA) is 38.0 Å². The van der Waals surface area contributed by atoms with E-state index in [1.54, 1.807) is 12.3 Å². The largest absolute Gasteiger partial charge is 0.392 e. The van der Waals surface area contributed by atoms with E-state index < -0.39 is 0 Å². The molecule has 2 heterocycles. The van der Waals surface area contributed by atoms with Crippen LogP contribution in [0.25, 0.3) is 11.0 Å². The van der Waals surface area contributed by atoms with Crippen molar-refractivity contribution in [1.82, 2.24) is 9.55 Å². The fourth-order valence-corrected chi connectivity index (χ4v) is 2.46. The van der Waals surface area contributed by atoms with E-state index in [0.29, 0.717) is 6.54 Å². The summed E-state index contributed by atoms with van der Waals surface area (Å²) < 4.78 is 15.1. The molecule has 0 unspecified atom stereocenters. The van der Waals surface area contributed by atoms with E-state index in [-0.39, 0.29) is 12.4 Å². The number of halogens is 1. The summed E-state index contributed by atoms with van der Waals surface area (Å²) in [5.74, 6) is -0.224. The molecule has 0 fully saturated rings. The van der Waals surface area contributed by atoms with Crippen molar-refractivity contribution in [3.05, 3.63) is 65.2 Å². The molecule has 0 radical (unpaired) electrons. The van der Waals surface area contributed by atoms with Gasteiger partial charge in [0.05, 0.1) is 6.61 Å². The summed E-state index contributed by atoms with van der Waals surface area (Å²) in [6.07, 6.45) is 3.64. The van der Waals surface area contributed by atoms with E-state index in [1.165, 1.54) is 12.1 Å². The van der Waals surface area contributed by atoms with Crippen LogP contribution in [0.3, 0.4) is 0 Å². The average Bonchev–Trinajstić information content (AvgIpc) is 2.80. The molecule has 3 aromatic rings. The van der Waals surface area contributed by atoms with Crippen molar-refractivity contribution in [3.8, 4) is 0 Å². The summed E-state index contributed by atoms with van der Waals surface area (Å²) in [5, 5.41) is 10.4. The van der Waals surface area contributed by atoms with Gasteiger partial charge in [0.1, 0.15) is 11.5 Å². The Labute approximate surface area is 116 Å². The van der Waals surface area contributed by atoms with Crippen molar-refractivity contribution in [2.45, 2.75) is 20.1 Å². The Morgan fingerprint density at radius 3 is 2.85 bits per heavy atom. The van der Waals surface area contributed by atoms with Gasteiger partial charge in [0.2, 0.25) is 0 Å². The average molecular weight is 270 g/mol. The zero-order valence-corrected chi connectivity index (χ0v) is 11.2. The first kappa shape index (κ1) is 12.8. The van der Waals surface area contributed by atoms with Crippen LogP contribution < -0.4 is 0 Å². The van der Waals surface area contributed by atoms with Gasteiger partial charge in [-0.05, 0) is 42.3 Å². The second-order valence-electron chi connectivity index (χ2n) is 4.89. The molecule has 4 heteroatoms. The zero-order chi connectivity index (χ0) is 14.1. The number of hydrogen-bond acceptors (Lipinski definition) is 2. The number of aliphatic hydroxyl groups is 1. The van der Waals surface area contributed by atoms with Crippen LogP contribution in [0.1, 0.15) is 16.7 Å². The molecule has 0 aliphatic rings. The van der Waals surface area contributed by atoms with Gasteiger partial charge in [-0.15, -0.1) is 0 Å². The van der Waals surface area contributed by atoms with Crippen LogP contribution in [0.15, 0.2) is 42.7 Å². The number of pyridine rings is 1. The second kappa shape index (κ2) is 5.06. The third-order valence-corrected chi connectivity index (χ3v) is 3.53. The van der Waals surface area contributed by atoms with E-state index in [2.05, 4.69) is 4.98 Å². The first-order valence-electron chi connectivity index (χ1n) is 6.47. The molecule has 0 spiro atoms. The number of hydrogen-bond donors (Lipinski definition) is 1. The lowest BCUT2D eigenvalue weighted by molar-refractivity contribution is 0.283. The number of aryl methyl sites for hydroxylation is 1. The van der Waals surface area contributed by atoms with E-state index in [1.807, 2.05) is 29.8 Å². The molecule has 0 aliphatic carbocycles. The van der Waals surface area contributed by atoms with Gasteiger partial charge in [0.15, 0.2) is 0 Å². The number of aromatic nitrogens is 2. The van der Waals surface area contributed by atoms with E-state index in [4.69, 9.17) is 0 Å². The summed E-state index contributed by atoms with van der Waals surface area (Å²) in [7, 11) is 0. The number of fused-ring (bicyclic) bond motifs is 1. The highest BCUT2D eigenvalue weighted by Gasteiger charge is 2.10. The Kier molecular flexibility index (Phi) is 3.24. The van der Waals surface area contributed by atoms with Crippen LogP contribution in [0.2, 0.25) is 0 Å². The Bertz CT molecular complexity index is 764. The van der Waals surface area contributed by atoms with Crippen LogP contribution >= 0.6 is 0 Å². The summed E-state index contributed by atoms with van der Waals surface area (Å²) >= 11 is 0. The minimum absolute atomic E-state index is 0.0163.